The Labute approximate surface area is 362 Å². The van der Waals surface area contributed by atoms with Crippen LogP contribution in [0, 0.1) is 0 Å². The molecular formula is C52H58O8Si. The van der Waals surface area contributed by atoms with Crippen molar-refractivity contribution in [3.05, 3.63) is 204 Å². The lowest BCUT2D eigenvalue weighted by atomic mass is 9.76. The second kappa shape index (κ2) is 22.6. The van der Waals surface area contributed by atoms with E-state index in [9.17, 15) is 9.90 Å². The van der Waals surface area contributed by atoms with Crippen LogP contribution in [0.25, 0.3) is 0 Å². The van der Waals surface area contributed by atoms with Crippen molar-refractivity contribution < 1.29 is 38.0 Å². The molecule has 6 rings (SSSR count). The average Bonchev–Trinajstić information content (AvgIpc) is 3.30. The van der Waals surface area contributed by atoms with Crippen LogP contribution in [0.15, 0.2) is 182 Å². The number of rotatable bonds is 22. The van der Waals surface area contributed by atoms with Crippen molar-refractivity contribution in [1.82, 2.24) is 0 Å². The summed E-state index contributed by atoms with van der Waals surface area (Å²) in [5, 5.41) is 13.9. The summed E-state index contributed by atoms with van der Waals surface area (Å²) in [4.78, 5) is 13.5. The average molecular weight is 839 g/mol. The molecule has 0 unspecified atom stereocenters. The molecule has 0 aliphatic carbocycles. The highest BCUT2D eigenvalue weighted by molar-refractivity contribution is 6.99. The Balaban J connectivity index is 1.48. The summed E-state index contributed by atoms with van der Waals surface area (Å²) < 4.78 is 39.0. The maximum Gasteiger partial charge on any atom is 0.335 e. The highest BCUT2D eigenvalue weighted by Crippen LogP contribution is 2.41. The summed E-state index contributed by atoms with van der Waals surface area (Å²) in [5.41, 5.74) is 3.52. The van der Waals surface area contributed by atoms with Gasteiger partial charge in [-0.3, -0.25) is 0 Å². The molecule has 0 aliphatic heterocycles. The fourth-order valence-corrected chi connectivity index (χ4v) is 12.7. The molecule has 9 heteroatoms. The standard InChI is InChI=1S/C52H58O8Si/c1-52(2,3)61(44-31-19-9-20-32-44,45-33-21-10-22-34-45)60-37-46(58-38-56-35-40-23-11-5-12-24-40)47(42-27-15-7-16-28-42)50(59-39-57-36-41-25-13-6-14-26-41)48(49(53)51(54)55-4)43-29-17-8-18-30-43/h5-34,46-50,53H,35-39H2,1-4H3/t46-,47-,48+,49+,50-/m1/s1. The summed E-state index contributed by atoms with van der Waals surface area (Å²) in [6.07, 6.45) is -3.27. The maximum atomic E-state index is 13.5. The first kappa shape index (κ1) is 45.3. The quantitative estimate of drug-likeness (QED) is 0.0314. The molecule has 6 aromatic carbocycles. The van der Waals surface area contributed by atoms with Crippen LogP contribution in [0.3, 0.4) is 0 Å². The minimum Gasteiger partial charge on any atom is -0.467 e. The fourth-order valence-electron chi connectivity index (χ4n) is 8.17. The number of hydrogen-bond acceptors (Lipinski definition) is 8. The lowest BCUT2D eigenvalue weighted by Crippen LogP contribution is -2.67. The number of aliphatic hydroxyl groups is 1. The Morgan fingerprint density at radius 1 is 0.557 bits per heavy atom. The first-order chi connectivity index (χ1) is 29.7. The largest absolute Gasteiger partial charge is 0.467 e. The van der Waals surface area contributed by atoms with E-state index in [1.807, 2.05) is 133 Å². The van der Waals surface area contributed by atoms with Crippen LogP contribution < -0.4 is 10.4 Å². The number of carbonyl (C=O) groups is 1. The van der Waals surface area contributed by atoms with Crippen LogP contribution in [0.4, 0.5) is 0 Å². The number of ether oxygens (including phenoxy) is 5. The SMILES string of the molecule is COC(=O)[C@@H](O)[C@H](c1ccccc1)[C@H](OCOCc1ccccc1)[C@H](c1ccccc1)[C@@H](CO[Si](c1ccccc1)(c1ccccc1)C(C)(C)C)OCOCc1ccccc1. The summed E-state index contributed by atoms with van der Waals surface area (Å²) in [7, 11) is -1.84. The number of esters is 1. The maximum absolute atomic E-state index is 13.5. The fraction of sp³-hybridized carbons (Fsp3) is 0.288. The Bertz CT molecular complexity index is 2100. The monoisotopic (exact) mass is 838 g/mol. The second-order valence-electron chi connectivity index (χ2n) is 16.1. The number of carbonyl (C=O) groups excluding carboxylic acids is 1. The highest BCUT2D eigenvalue weighted by atomic mass is 28.4. The minimum atomic E-state index is -3.11. The predicted octanol–water partition coefficient (Wildman–Crippen LogP) is 8.78. The zero-order valence-corrected chi connectivity index (χ0v) is 36.5. The zero-order chi connectivity index (χ0) is 42.9. The van der Waals surface area contributed by atoms with Gasteiger partial charge in [-0.15, -0.1) is 0 Å². The molecule has 0 aliphatic rings. The molecule has 0 spiro atoms. The van der Waals surface area contributed by atoms with Gasteiger partial charge < -0.3 is 33.2 Å². The van der Waals surface area contributed by atoms with Gasteiger partial charge in [0.25, 0.3) is 8.32 Å². The number of hydrogen-bond donors (Lipinski definition) is 1. The van der Waals surface area contributed by atoms with Crippen LogP contribution in [0.2, 0.25) is 5.04 Å². The number of benzene rings is 6. The Morgan fingerprint density at radius 3 is 1.38 bits per heavy atom. The molecule has 8 nitrogen and oxygen atoms in total. The normalized spacial score (nSPS) is 14.4. The lowest BCUT2D eigenvalue weighted by Gasteiger charge is -2.45. The van der Waals surface area contributed by atoms with E-state index < -0.39 is 44.4 Å². The molecule has 6 aromatic rings. The van der Waals surface area contributed by atoms with E-state index in [4.69, 9.17) is 28.1 Å². The second-order valence-corrected chi connectivity index (χ2v) is 20.4. The van der Waals surface area contributed by atoms with Crippen molar-refractivity contribution in [3.8, 4) is 0 Å². The first-order valence-electron chi connectivity index (χ1n) is 20.8. The summed E-state index contributed by atoms with van der Waals surface area (Å²) in [6.45, 7) is 7.24. The molecule has 0 radical (unpaired) electrons. The first-order valence-corrected chi connectivity index (χ1v) is 22.7. The third kappa shape index (κ3) is 11.8. The van der Waals surface area contributed by atoms with Gasteiger partial charge in [0.05, 0.1) is 39.1 Å². The van der Waals surface area contributed by atoms with Crippen molar-refractivity contribution in [2.45, 2.75) is 69.2 Å². The van der Waals surface area contributed by atoms with Gasteiger partial charge >= 0.3 is 5.97 Å². The van der Waals surface area contributed by atoms with Gasteiger partial charge in [-0.2, -0.15) is 0 Å². The molecule has 61 heavy (non-hydrogen) atoms. The zero-order valence-electron chi connectivity index (χ0n) is 35.5. The molecule has 0 amide bonds. The molecule has 0 aromatic heterocycles. The van der Waals surface area contributed by atoms with Crippen LogP contribution >= 0.6 is 0 Å². The molecule has 1 N–H and O–H groups in total. The highest BCUT2D eigenvalue weighted by Gasteiger charge is 2.52. The van der Waals surface area contributed by atoms with E-state index in [1.54, 1.807) is 0 Å². The van der Waals surface area contributed by atoms with E-state index >= 15 is 0 Å². The molecule has 0 saturated heterocycles. The third-order valence-electron chi connectivity index (χ3n) is 11.1. The van der Waals surface area contributed by atoms with E-state index in [1.165, 1.54) is 7.11 Å². The molecule has 0 bridgehead atoms. The summed E-state index contributed by atoms with van der Waals surface area (Å²) in [5.74, 6) is -2.36. The van der Waals surface area contributed by atoms with E-state index in [2.05, 4.69) is 69.3 Å². The molecule has 0 heterocycles. The van der Waals surface area contributed by atoms with Crippen molar-refractivity contribution in [2.24, 2.45) is 0 Å². The molecule has 5 atom stereocenters. The smallest absolute Gasteiger partial charge is 0.335 e. The van der Waals surface area contributed by atoms with Gasteiger partial charge in [-0.05, 0) is 37.7 Å². The van der Waals surface area contributed by atoms with Crippen molar-refractivity contribution in [2.75, 3.05) is 27.3 Å². The molecule has 0 saturated carbocycles. The Morgan fingerprint density at radius 2 is 0.951 bits per heavy atom. The van der Waals surface area contributed by atoms with Gasteiger partial charge in [-0.1, -0.05) is 203 Å². The van der Waals surface area contributed by atoms with Gasteiger partial charge in [0.2, 0.25) is 0 Å². The summed E-state index contributed by atoms with van der Waals surface area (Å²) in [6, 6.07) is 60.0. The van der Waals surface area contributed by atoms with Gasteiger partial charge in [0, 0.05) is 11.8 Å². The van der Waals surface area contributed by atoms with Crippen LogP contribution in [0.1, 0.15) is 54.9 Å². The third-order valence-corrected chi connectivity index (χ3v) is 16.1. The van der Waals surface area contributed by atoms with Crippen molar-refractivity contribution in [3.63, 3.8) is 0 Å². The molecular weight excluding hydrogens is 781 g/mol. The number of methoxy groups -OCH3 is 1. The minimum absolute atomic E-state index is 0.0697. The van der Waals surface area contributed by atoms with Crippen molar-refractivity contribution in [1.29, 1.82) is 0 Å². The van der Waals surface area contributed by atoms with Crippen molar-refractivity contribution >= 4 is 24.7 Å². The topological polar surface area (TPSA) is 92.7 Å². The van der Waals surface area contributed by atoms with Gasteiger partial charge in [0.15, 0.2) is 6.10 Å². The van der Waals surface area contributed by atoms with Crippen LogP contribution in [-0.4, -0.2) is 65.0 Å². The van der Waals surface area contributed by atoms with Gasteiger partial charge in [0.1, 0.15) is 13.6 Å². The lowest BCUT2D eigenvalue weighted by molar-refractivity contribution is -0.170. The Hall–Kier alpha value is -5.23. The Kier molecular flexibility index (Phi) is 16.8. The molecule has 0 fully saturated rings. The van der Waals surface area contributed by atoms with Crippen LogP contribution in [-0.2, 0) is 46.1 Å². The van der Waals surface area contributed by atoms with E-state index in [0.29, 0.717) is 18.8 Å². The summed E-state index contributed by atoms with van der Waals surface area (Å²) >= 11 is 0. The number of aliphatic hydroxyl groups excluding tert-OH is 1. The van der Waals surface area contributed by atoms with Gasteiger partial charge in [-0.25, -0.2) is 4.79 Å². The van der Waals surface area contributed by atoms with Crippen LogP contribution in [0.5, 0.6) is 0 Å². The van der Waals surface area contributed by atoms with E-state index in [-0.39, 0.29) is 25.2 Å². The predicted molar refractivity (Wildman–Crippen MR) is 242 cm³/mol. The molecule has 318 valence electrons. The van der Waals surface area contributed by atoms with E-state index in [0.717, 1.165) is 27.1 Å².